The number of fused-ring (bicyclic) bond motifs is 1. The van der Waals surface area contributed by atoms with Crippen molar-refractivity contribution in [1.29, 1.82) is 0 Å². The van der Waals surface area contributed by atoms with Gasteiger partial charge in [-0.2, -0.15) is 0 Å². The Morgan fingerprint density at radius 3 is 3.00 bits per heavy atom. The molecule has 1 aromatic carbocycles. The fourth-order valence-electron chi connectivity index (χ4n) is 1.56. The van der Waals surface area contributed by atoms with Crippen LogP contribution in [0.3, 0.4) is 0 Å². The molecule has 5 heteroatoms. The van der Waals surface area contributed by atoms with Gasteiger partial charge in [-0.05, 0) is 18.2 Å². The number of hydrogen-bond donors (Lipinski definition) is 1. The number of nitrogens with zero attached hydrogens (tertiary/aromatic N) is 1. The Labute approximate surface area is 97.2 Å². The lowest BCUT2D eigenvalue weighted by Crippen LogP contribution is -1.89. The Balaban J connectivity index is 2.50. The topological polar surface area (TPSA) is 58.9 Å². The van der Waals surface area contributed by atoms with E-state index in [1.165, 1.54) is 0 Å². The zero-order chi connectivity index (χ0) is 11.5. The van der Waals surface area contributed by atoms with E-state index in [4.69, 9.17) is 0 Å². The Morgan fingerprint density at radius 1 is 1.50 bits per heavy atom. The molecule has 0 bridgehead atoms. The standard InChI is InChI=1S/C11H12N2O2S/c1-2-5-16-11-7-8(13(14)15)6-10-9(11)3-4-12-10/h3-4,6-7,12H,2,5H2,1H3. The van der Waals surface area contributed by atoms with E-state index in [1.807, 2.05) is 12.3 Å². The molecule has 1 aromatic heterocycles. The molecule has 2 rings (SSSR count). The van der Waals surface area contributed by atoms with E-state index in [1.54, 1.807) is 23.9 Å². The molecule has 0 aliphatic carbocycles. The highest BCUT2D eigenvalue weighted by Gasteiger charge is 2.12. The maximum absolute atomic E-state index is 10.8. The molecule has 0 unspecified atom stereocenters. The van der Waals surface area contributed by atoms with Gasteiger partial charge in [0.15, 0.2) is 0 Å². The molecule has 16 heavy (non-hydrogen) atoms. The fourth-order valence-corrected chi connectivity index (χ4v) is 2.52. The summed E-state index contributed by atoms with van der Waals surface area (Å²) in [4.78, 5) is 14.4. The average molecular weight is 236 g/mol. The molecule has 2 aromatic rings. The van der Waals surface area contributed by atoms with Crippen molar-refractivity contribution in [2.45, 2.75) is 18.2 Å². The van der Waals surface area contributed by atoms with Gasteiger partial charge in [-0.15, -0.1) is 11.8 Å². The third-order valence-corrected chi connectivity index (χ3v) is 3.55. The van der Waals surface area contributed by atoms with Crippen LogP contribution in [0.15, 0.2) is 29.3 Å². The second-order valence-corrected chi connectivity index (χ2v) is 4.63. The van der Waals surface area contributed by atoms with Crippen molar-refractivity contribution in [3.05, 3.63) is 34.5 Å². The van der Waals surface area contributed by atoms with Crippen molar-refractivity contribution in [2.75, 3.05) is 5.75 Å². The Hall–Kier alpha value is -1.49. The summed E-state index contributed by atoms with van der Waals surface area (Å²) in [6, 6.07) is 5.18. The van der Waals surface area contributed by atoms with Gasteiger partial charge in [0, 0.05) is 28.6 Å². The molecule has 0 spiro atoms. The van der Waals surface area contributed by atoms with Gasteiger partial charge in [0.2, 0.25) is 0 Å². The van der Waals surface area contributed by atoms with Crippen LogP contribution in [-0.4, -0.2) is 15.7 Å². The zero-order valence-electron chi connectivity index (χ0n) is 8.90. The summed E-state index contributed by atoms with van der Waals surface area (Å²) in [5, 5.41) is 11.8. The highest BCUT2D eigenvalue weighted by Crippen LogP contribution is 2.32. The minimum Gasteiger partial charge on any atom is -0.361 e. The van der Waals surface area contributed by atoms with E-state index in [0.29, 0.717) is 0 Å². The molecule has 0 saturated carbocycles. The van der Waals surface area contributed by atoms with Crippen molar-refractivity contribution < 1.29 is 4.92 Å². The number of nitro groups is 1. The van der Waals surface area contributed by atoms with E-state index in [-0.39, 0.29) is 10.6 Å². The lowest BCUT2D eigenvalue weighted by Gasteiger charge is -2.02. The van der Waals surface area contributed by atoms with Gasteiger partial charge < -0.3 is 4.98 Å². The highest BCUT2D eigenvalue weighted by molar-refractivity contribution is 7.99. The molecule has 0 saturated heterocycles. The maximum Gasteiger partial charge on any atom is 0.272 e. The molecule has 0 aliphatic heterocycles. The Kier molecular flexibility index (Phi) is 3.14. The zero-order valence-corrected chi connectivity index (χ0v) is 9.71. The number of H-pyrrole nitrogens is 1. The van der Waals surface area contributed by atoms with E-state index in [0.717, 1.165) is 28.0 Å². The third kappa shape index (κ3) is 2.04. The molecule has 4 nitrogen and oxygen atoms in total. The van der Waals surface area contributed by atoms with Crippen LogP contribution in [0.2, 0.25) is 0 Å². The van der Waals surface area contributed by atoms with E-state index in [9.17, 15) is 10.1 Å². The first-order valence-corrected chi connectivity index (χ1v) is 6.09. The summed E-state index contributed by atoms with van der Waals surface area (Å²) in [7, 11) is 0. The summed E-state index contributed by atoms with van der Waals surface area (Å²) in [6.07, 6.45) is 2.86. The lowest BCUT2D eigenvalue weighted by molar-refractivity contribution is -0.384. The van der Waals surface area contributed by atoms with Gasteiger partial charge in [0.1, 0.15) is 0 Å². The highest BCUT2D eigenvalue weighted by atomic mass is 32.2. The van der Waals surface area contributed by atoms with Crippen LogP contribution in [0.25, 0.3) is 10.9 Å². The molecule has 1 heterocycles. The van der Waals surface area contributed by atoms with Crippen LogP contribution in [-0.2, 0) is 0 Å². The van der Waals surface area contributed by atoms with Gasteiger partial charge in [-0.1, -0.05) is 6.92 Å². The predicted molar refractivity (Wildman–Crippen MR) is 66.0 cm³/mol. The second-order valence-electron chi connectivity index (χ2n) is 3.49. The van der Waals surface area contributed by atoms with Crippen molar-refractivity contribution in [3.8, 4) is 0 Å². The average Bonchev–Trinajstić information content (AvgIpc) is 2.73. The molecule has 1 N–H and O–H groups in total. The first kappa shape index (κ1) is 11.0. The Bertz CT molecular complexity index is 522. The van der Waals surface area contributed by atoms with Crippen LogP contribution in [0.1, 0.15) is 13.3 Å². The normalized spacial score (nSPS) is 10.8. The van der Waals surface area contributed by atoms with Crippen LogP contribution < -0.4 is 0 Å². The first-order valence-electron chi connectivity index (χ1n) is 5.10. The van der Waals surface area contributed by atoms with Crippen molar-refractivity contribution in [1.82, 2.24) is 4.98 Å². The van der Waals surface area contributed by atoms with Gasteiger partial charge in [0.25, 0.3) is 5.69 Å². The smallest absolute Gasteiger partial charge is 0.272 e. The SMILES string of the molecule is CCCSc1cc([N+](=O)[O-])cc2[nH]ccc12. The molecule has 84 valence electrons. The number of aromatic nitrogens is 1. The molecule has 0 fully saturated rings. The van der Waals surface area contributed by atoms with Crippen molar-refractivity contribution in [3.63, 3.8) is 0 Å². The minimum absolute atomic E-state index is 0.147. The van der Waals surface area contributed by atoms with Crippen molar-refractivity contribution in [2.24, 2.45) is 0 Å². The number of rotatable bonds is 4. The van der Waals surface area contributed by atoms with Crippen LogP contribution in [0.5, 0.6) is 0 Å². The molecular weight excluding hydrogens is 224 g/mol. The van der Waals surface area contributed by atoms with E-state index < -0.39 is 0 Å². The predicted octanol–water partition coefficient (Wildman–Crippen LogP) is 3.58. The van der Waals surface area contributed by atoms with Gasteiger partial charge in [-0.3, -0.25) is 10.1 Å². The number of nitrogens with one attached hydrogen (secondary N) is 1. The summed E-state index contributed by atoms with van der Waals surface area (Å²) in [5.41, 5.74) is 0.973. The first-order chi connectivity index (χ1) is 7.72. The van der Waals surface area contributed by atoms with Crippen LogP contribution >= 0.6 is 11.8 Å². The second kappa shape index (κ2) is 4.57. The quantitative estimate of drug-likeness (QED) is 0.501. The number of aromatic amines is 1. The van der Waals surface area contributed by atoms with E-state index >= 15 is 0 Å². The number of thioether (sulfide) groups is 1. The molecule has 0 atom stereocenters. The van der Waals surface area contributed by atoms with Gasteiger partial charge in [0.05, 0.1) is 10.4 Å². The molecule has 0 radical (unpaired) electrons. The van der Waals surface area contributed by atoms with E-state index in [2.05, 4.69) is 11.9 Å². The number of hydrogen-bond acceptors (Lipinski definition) is 3. The summed E-state index contributed by atoms with van der Waals surface area (Å²) < 4.78 is 0. The molecular formula is C11H12N2O2S. The van der Waals surface area contributed by atoms with Crippen LogP contribution in [0, 0.1) is 10.1 Å². The number of nitro benzene ring substituents is 1. The van der Waals surface area contributed by atoms with Gasteiger partial charge >= 0.3 is 0 Å². The van der Waals surface area contributed by atoms with Crippen molar-refractivity contribution >= 4 is 28.4 Å². The lowest BCUT2D eigenvalue weighted by atomic mass is 10.2. The minimum atomic E-state index is -0.351. The maximum atomic E-state index is 10.8. The third-order valence-electron chi connectivity index (χ3n) is 2.29. The summed E-state index contributed by atoms with van der Waals surface area (Å²) in [5.74, 6) is 0.974. The fraction of sp³-hybridized carbons (Fsp3) is 0.273. The number of non-ortho nitro benzene ring substituents is 1. The van der Waals surface area contributed by atoms with Gasteiger partial charge in [-0.25, -0.2) is 0 Å². The van der Waals surface area contributed by atoms with Crippen LogP contribution in [0.4, 0.5) is 5.69 Å². The Morgan fingerprint density at radius 2 is 2.31 bits per heavy atom. The monoisotopic (exact) mass is 236 g/mol. The summed E-state index contributed by atoms with van der Waals surface area (Å²) in [6.45, 7) is 2.10. The largest absolute Gasteiger partial charge is 0.361 e. The number of benzene rings is 1. The summed E-state index contributed by atoms with van der Waals surface area (Å²) >= 11 is 1.66. The molecule has 0 amide bonds. The molecule has 0 aliphatic rings.